The molecule has 1 saturated heterocycles. The van der Waals surface area contributed by atoms with Crippen molar-refractivity contribution in [3.05, 3.63) is 29.8 Å². The Balaban J connectivity index is 1.89. The van der Waals surface area contributed by atoms with Crippen LogP contribution in [0.2, 0.25) is 0 Å². The van der Waals surface area contributed by atoms with Crippen molar-refractivity contribution in [3.63, 3.8) is 0 Å². The fourth-order valence-electron chi connectivity index (χ4n) is 3.24. The van der Waals surface area contributed by atoms with Gasteiger partial charge in [-0.25, -0.2) is 0 Å². The topological polar surface area (TPSA) is 58.6 Å². The maximum atomic E-state index is 12.4. The summed E-state index contributed by atoms with van der Waals surface area (Å²) in [5.74, 6) is 0.854. The lowest BCUT2D eigenvalue weighted by Gasteiger charge is -2.34. The summed E-state index contributed by atoms with van der Waals surface area (Å²) in [5, 5.41) is 3.07. The van der Waals surface area contributed by atoms with E-state index in [1.807, 2.05) is 17.0 Å². The van der Waals surface area contributed by atoms with Crippen LogP contribution in [0.15, 0.2) is 24.3 Å². The largest absolute Gasteiger partial charge is 0.496 e. The molecule has 5 heteroatoms. The molecule has 1 aromatic rings. The molecule has 132 valence electrons. The summed E-state index contributed by atoms with van der Waals surface area (Å²) in [6, 6.07) is 7.32. The molecule has 0 radical (unpaired) electrons. The van der Waals surface area contributed by atoms with Crippen molar-refractivity contribution in [2.45, 2.75) is 45.6 Å². The van der Waals surface area contributed by atoms with E-state index < -0.39 is 0 Å². The zero-order valence-electron chi connectivity index (χ0n) is 14.9. The highest BCUT2D eigenvalue weighted by molar-refractivity contribution is 5.97. The molecule has 5 nitrogen and oxygen atoms in total. The van der Waals surface area contributed by atoms with Crippen molar-refractivity contribution in [1.82, 2.24) is 10.2 Å². The minimum atomic E-state index is -0.114. The molecule has 24 heavy (non-hydrogen) atoms. The van der Waals surface area contributed by atoms with Crippen LogP contribution in [0.1, 0.15) is 49.9 Å². The first kappa shape index (κ1) is 18.3. The van der Waals surface area contributed by atoms with Crippen LogP contribution in [0.3, 0.4) is 0 Å². The molecule has 0 unspecified atom stereocenters. The van der Waals surface area contributed by atoms with Crippen LogP contribution in [0.4, 0.5) is 0 Å². The highest BCUT2D eigenvalue weighted by atomic mass is 16.5. The molecule has 0 bridgehead atoms. The van der Waals surface area contributed by atoms with E-state index in [1.54, 1.807) is 19.2 Å². The quantitative estimate of drug-likeness (QED) is 0.871. The molecule has 1 N–H and O–H groups in total. The van der Waals surface area contributed by atoms with Crippen LogP contribution in [0.25, 0.3) is 0 Å². The molecule has 1 aromatic carbocycles. The third-order valence-electron chi connectivity index (χ3n) is 4.83. The lowest BCUT2D eigenvalue weighted by atomic mass is 9.98. The van der Waals surface area contributed by atoms with E-state index in [-0.39, 0.29) is 23.8 Å². The molecule has 1 aliphatic rings. The first-order chi connectivity index (χ1) is 11.6. The van der Waals surface area contributed by atoms with Gasteiger partial charge in [-0.1, -0.05) is 26.0 Å². The lowest BCUT2D eigenvalue weighted by molar-refractivity contribution is -0.136. The SMILES string of the molecule is CCC(CC)C(=O)N1CCC(NC(=O)c2ccccc2OC)CC1. The summed E-state index contributed by atoms with van der Waals surface area (Å²) in [6.07, 6.45) is 3.37. The predicted octanol–water partition coefficient (Wildman–Crippen LogP) is 2.85. The second-order valence-electron chi connectivity index (χ2n) is 6.29. The number of nitrogens with one attached hydrogen (secondary N) is 1. The molecule has 0 spiro atoms. The number of rotatable bonds is 6. The Hall–Kier alpha value is -2.04. The third-order valence-corrected chi connectivity index (χ3v) is 4.83. The number of likely N-dealkylation sites (tertiary alicyclic amines) is 1. The Bertz CT molecular complexity index is 561. The second-order valence-corrected chi connectivity index (χ2v) is 6.29. The number of hydrogen-bond donors (Lipinski definition) is 1. The summed E-state index contributed by atoms with van der Waals surface area (Å²) in [4.78, 5) is 26.8. The molecule has 2 rings (SSSR count). The number of nitrogens with zero attached hydrogens (tertiary/aromatic N) is 1. The van der Waals surface area contributed by atoms with Crippen LogP contribution in [0, 0.1) is 5.92 Å². The fraction of sp³-hybridized carbons (Fsp3) is 0.579. The number of amides is 2. The van der Waals surface area contributed by atoms with Crippen LogP contribution in [0.5, 0.6) is 5.75 Å². The molecule has 0 atom stereocenters. The van der Waals surface area contributed by atoms with E-state index in [9.17, 15) is 9.59 Å². The van der Waals surface area contributed by atoms with Crippen molar-refractivity contribution in [2.24, 2.45) is 5.92 Å². The zero-order valence-corrected chi connectivity index (χ0v) is 14.9. The van der Waals surface area contributed by atoms with Gasteiger partial charge in [-0.2, -0.15) is 0 Å². The van der Waals surface area contributed by atoms with Gasteiger partial charge in [0, 0.05) is 25.0 Å². The second kappa shape index (κ2) is 8.71. The molecular weight excluding hydrogens is 304 g/mol. The first-order valence-electron chi connectivity index (χ1n) is 8.83. The first-order valence-corrected chi connectivity index (χ1v) is 8.83. The Morgan fingerprint density at radius 1 is 1.21 bits per heavy atom. The third kappa shape index (κ3) is 4.28. The Morgan fingerprint density at radius 3 is 2.42 bits per heavy atom. The summed E-state index contributed by atoms with van der Waals surface area (Å²) in [6.45, 7) is 5.55. The van der Waals surface area contributed by atoms with Crippen molar-refractivity contribution < 1.29 is 14.3 Å². The van der Waals surface area contributed by atoms with Crippen LogP contribution in [-0.2, 0) is 4.79 Å². The van der Waals surface area contributed by atoms with E-state index in [1.165, 1.54) is 0 Å². The average molecular weight is 332 g/mol. The van der Waals surface area contributed by atoms with Crippen LogP contribution < -0.4 is 10.1 Å². The van der Waals surface area contributed by atoms with E-state index >= 15 is 0 Å². The number of methoxy groups -OCH3 is 1. The van der Waals surface area contributed by atoms with Gasteiger partial charge in [-0.3, -0.25) is 9.59 Å². The molecular formula is C19H28N2O3. The summed E-state index contributed by atoms with van der Waals surface area (Å²) >= 11 is 0. The standard InChI is InChI=1S/C19H28N2O3/c1-4-14(5-2)19(23)21-12-10-15(11-13-21)20-18(22)16-8-6-7-9-17(16)24-3/h6-9,14-15H,4-5,10-13H2,1-3H3,(H,20,22). The predicted molar refractivity (Wildman–Crippen MR) is 94.1 cm³/mol. The van der Waals surface area contributed by atoms with Crippen molar-refractivity contribution in [2.75, 3.05) is 20.2 Å². The average Bonchev–Trinajstić information content (AvgIpc) is 2.63. The van der Waals surface area contributed by atoms with Crippen molar-refractivity contribution >= 4 is 11.8 Å². The van der Waals surface area contributed by atoms with Gasteiger partial charge >= 0.3 is 0 Å². The maximum absolute atomic E-state index is 12.4. The van der Waals surface area contributed by atoms with Gasteiger partial charge in [0.1, 0.15) is 5.75 Å². The van der Waals surface area contributed by atoms with Crippen LogP contribution in [-0.4, -0.2) is 43.0 Å². The summed E-state index contributed by atoms with van der Waals surface area (Å²) < 4.78 is 5.24. The zero-order chi connectivity index (χ0) is 17.5. The molecule has 2 amide bonds. The number of ether oxygens (including phenoxy) is 1. The summed E-state index contributed by atoms with van der Waals surface area (Å²) in [7, 11) is 1.56. The van der Waals surface area contributed by atoms with Gasteiger partial charge in [-0.05, 0) is 37.8 Å². The van der Waals surface area contributed by atoms with Gasteiger partial charge in [0.25, 0.3) is 5.91 Å². The lowest BCUT2D eigenvalue weighted by Crippen LogP contribution is -2.48. The van der Waals surface area contributed by atoms with Gasteiger partial charge in [0.2, 0.25) is 5.91 Å². The van der Waals surface area contributed by atoms with Gasteiger partial charge in [0.15, 0.2) is 0 Å². The van der Waals surface area contributed by atoms with Gasteiger partial charge in [0.05, 0.1) is 12.7 Å². The normalized spacial score (nSPS) is 15.4. The Kier molecular flexibility index (Phi) is 6.64. The van der Waals surface area contributed by atoms with Crippen LogP contribution >= 0.6 is 0 Å². The Labute approximate surface area is 144 Å². The van der Waals surface area contributed by atoms with E-state index in [0.29, 0.717) is 24.4 Å². The van der Waals surface area contributed by atoms with Crippen molar-refractivity contribution in [1.29, 1.82) is 0 Å². The van der Waals surface area contributed by atoms with Gasteiger partial charge in [-0.15, -0.1) is 0 Å². The van der Waals surface area contributed by atoms with Crippen molar-refractivity contribution in [3.8, 4) is 5.75 Å². The number of piperidine rings is 1. The Morgan fingerprint density at radius 2 is 1.83 bits per heavy atom. The number of carbonyl (C=O) groups excluding carboxylic acids is 2. The molecule has 1 heterocycles. The maximum Gasteiger partial charge on any atom is 0.255 e. The molecule has 1 fully saturated rings. The minimum Gasteiger partial charge on any atom is -0.496 e. The highest BCUT2D eigenvalue weighted by Gasteiger charge is 2.27. The minimum absolute atomic E-state index is 0.105. The number of carbonyl (C=O) groups is 2. The molecule has 0 saturated carbocycles. The fourth-order valence-corrected chi connectivity index (χ4v) is 3.24. The van der Waals surface area contributed by atoms with E-state index in [2.05, 4.69) is 19.2 Å². The molecule has 0 aliphatic carbocycles. The highest BCUT2D eigenvalue weighted by Crippen LogP contribution is 2.20. The smallest absolute Gasteiger partial charge is 0.255 e. The van der Waals surface area contributed by atoms with E-state index in [0.717, 1.165) is 25.7 Å². The number of benzene rings is 1. The van der Waals surface area contributed by atoms with E-state index in [4.69, 9.17) is 4.74 Å². The monoisotopic (exact) mass is 332 g/mol. The number of hydrogen-bond acceptors (Lipinski definition) is 3. The molecule has 1 aliphatic heterocycles. The molecule has 0 aromatic heterocycles. The number of para-hydroxylation sites is 1. The van der Waals surface area contributed by atoms with Gasteiger partial charge < -0.3 is 15.0 Å². The summed E-state index contributed by atoms with van der Waals surface area (Å²) in [5.41, 5.74) is 0.551.